The number of esters is 1. The van der Waals surface area contributed by atoms with E-state index >= 15 is 0 Å². The molecule has 0 radical (unpaired) electrons. The molecule has 0 unspecified atom stereocenters. The quantitative estimate of drug-likeness (QED) is 0.624. The van der Waals surface area contributed by atoms with Crippen molar-refractivity contribution in [3.8, 4) is 0 Å². The first kappa shape index (κ1) is 14.3. The van der Waals surface area contributed by atoms with Crippen molar-refractivity contribution in [2.24, 2.45) is 5.41 Å². The summed E-state index contributed by atoms with van der Waals surface area (Å²) >= 11 is 0. The highest BCUT2D eigenvalue weighted by atomic mass is 16.5. The third kappa shape index (κ3) is 2.59. The van der Waals surface area contributed by atoms with Crippen molar-refractivity contribution in [3.05, 3.63) is 76.4 Å². The van der Waals surface area contributed by atoms with Gasteiger partial charge in [0.1, 0.15) is 0 Å². The molecule has 0 saturated carbocycles. The lowest BCUT2D eigenvalue weighted by molar-refractivity contribution is -0.134. The number of rotatable bonds is 2. The van der Waals surface area contributed by atoms with Gasteiger partial charge in [-0.25, -0.2) is 4.79 Å². The maximum absolute atomic E-state index is 11.2. The number of benzene rings is 2. The maximum Gasteiger partial charge on any atom is 0.330 e. The lowest BCUT2D eigenvalue weighted by atomic mass is 9.82. The van der Waals surface area contributed by atoms with E-state index < -0.39 is 0 Å². The molecule has 0 N–H and O–H groups in total. The summed E-state index contributed by atoms with van der Waals surface area (Å²) in [5, 5.41) is 0. The molecule has 0 saturated heterocycles. The van der Waals surface area contributed by atoms with Crippen molar-refractivity contribution in [2.45, 2.75) is 25.7 Å². The molecule has 0 heterocycles. The highest BCUT2D eigenvalue weighted by Crippen LogP contribution is 2.47. The molecule has 0 bridgehead atoms. The molecule has 2 aromatic carbocycles. The second-order valence-corrected chi connectivity index (χ2v) is 6.86. The van der Waals surface area contributed by atoms with E-state index in [1.165, 1.54) is 48.3 Å². The number of hydrogen-bond donors (Lipinski definition) is 0. The largest absolute Gasteiger partial charge is 0.466 e. The van der Waals surface area contributed by atoms with Crippen LogP contribution in [0.15, 0.2) is 48.5 Å². The predicted octanol–water partition coefficient (Wildman–Crippen LogP) is 3.76. The first-order valence-corrected chi connectivity index (χ1v) is 8.12. The Morgan fingerprint density at radius 2 is 1.57 bits per heavy atom. The molecule has 23 heavy (non-hydrogen) atoms. The molecule has 0 atom stereocenters. The van der Waals surface area contributed by atoms with Crippen molar-refractivity contribution < 1.29 is 9.53 Å². The van der Waals surface area contributed by atoms with Crippen molar-refractivity contribution in [2.75, 3.05) is 7.11 Å². The normalized spacial score (nSPS) is 17.4. The lowest BCUT2D eigenvalue weighted by Crippen LogP contribution is -2.21. The molecule has 0 fully saturated rings. The van der Waals surface area contributed by atoms with E-state index in [-0.39, 0.29) is 5.97 Å². The highest BCUT2D eigenvalue weighted by molar-refractivity contribution is 5.87. The van der Waals surface area contributed by atoms with Crippen LogP contribution in [-0.4, -0.2) is 13.1 Å². The number of hydrogen-bond acceptors (Lipinski definition) is 2. The lowest BCUT2D eigenvalue weighted by Gasteiger charge is -2.21. The highest BCUT2D eigenvalue weighted by Gasteiger charge is 2.41. The summed E-state index contributed by atoms with van der Waals surface area (Å²) in [4.78, 5) is 11.2. The number of ether oxygens (including phenoxy) is 1. The molecule has 2 heteroatoms. The van der Waals surface area contributed by atoms with Crippen molar-refractivity contribution in [1.29, 1.82) is 0 Å². The van der Waals surface area contributed by atoms with E-state index in [0.29, 0.717) is 5.41 Å². The molecule has 2 aromatic rings. The maximum atomic E-state index is 11.2. The SMILES string of the molecule is COC(=O)/C=C/c1ccc2c(c1)CC1(Cc3ccccc3C1)C2. The molecule has 0 amide bonds. The van der Waals surface area contributed by atoms with Gasteiger partial charge in [-0.05, 0) is 65.0 Å². The first-order chi connectivity index (χ1) is 11.2. The molecule has 116 valence electrons. The zero-order chi connectivity index (χ0) is 15.9. The zero-order valence-corrected chi connectivity index (χ0v) is 13.3. The molecule has 2 aliphatic rings. The Morgan fingerprint density at radius 1 is 0.957 bits per heavy atom. The Balaban J connectivity index is 1.57. The van der Waals surface area contributed by atoms with Gasteiger partial charge in [-0.2, -0.15) is 0 Å². The average Bonchev–Trinajstić information content (AvgIpc) is 3.10. The molecule has 1 spiro atoms. The average molecular weight is 304 g/mol. The van der Waals surface area contributed by atoms with E-state index in [0.717, 1.165) is 18.4 Å². The molecular formula is C21H20O2. The predicted molar refractivity (Wildman–Crippen MR) is 91.2 cm³/mol. The topological polar surface area (TPSA) is 26.3 Å². The van der Waals surface area contributed by atoms with Gasteiger partial charge in [0.15, 0.2) is 0 Å². The Labute approximate surface area is 136 Å². The van der Waals surface area contributed by atoms with Gasteiger partial charge in [0.05, 0.1) is 7.11 Å². The summed E-state index contributed by atoms with van der Waals surface area (Å²) in [5.41, 5.74) is 7.38. The molecule has 2 nitrogen and oxygen atoms in total. The Kier molecular flexibility index (Phi) is 3.33. The van der Waals surface area contributed by atoms with Gasteiger partial charge in [-0.15, -0.1) is 0 Å². The molecule has 0 aliphatic heterocycles. The van der Waals surface area contributed by atoms with Crippen LogP contribution in [0.4, 0.5) is 0 Å². The van der Waals surface area contributed by atoms with Gasteiger partial charge in [-0.3, -0.25) is 0 Å². The van der Waals surface area contributed by atoms with Gasteiger partial charge in [0, 0.05) is 6.08 Å². The summed E-state index contributed by atoms with van der Waals surface area (Å²) in [5.74, 6) is -0.312. The number of carbonyl (C=O) groups is 1. The summed E-state index contributed by atoms with van der Waals surface area (Å²) < 4.78 is 4.65. The van der Waals surface area contributed by atoms with Crippen LogP contribution in [-0.2, 0) is 35.2 Å². The minimum absolute atomic E-state index is 0.312. The van der Waals surface area contributed by atoms with Crippen LogP contribution < -0.4 is 0 Å². The monoisotopic (exact) mass is 304 g/mol. The third-order valence-electron chi connectivity index (χ3n) is 5.22. The van der Waals surface area contributed by atoms with Crippen molar-refractivity contribution in [3.63, 3.8) is 0 Å². The van der Waals surface area contributed by atoms with Crippen LogP contribution in [0.25, 0.3) is 6.08 Å². The van der Waals surface area contributed by atoms with Crippen molar-refractivity contribution >= 4 is 12.0 Å². The Bertz CT molecular complexity index is 776. The number of methoxy groups -OCH3 is 1. The second-order valence-electron chi connectivity index (χ2n) is 6.86. The van der Waals surface area contributed by atoms with Crippen LogP contribution in [0.5, 0.6) is 0 Å². The van der Waals surface area contributed by atoms with E-state index in [2.05, 4.69) is 47.2 Å². The Hall–Kier alpha value is -2.35. The Morgan fingerprint density at radius 3 is 2.22 bits per heavy atom. The fraction of sp³-hybridized carbons (Fsp3) is 0.286. The molecule has 2 aliphatic carbocycles. The van der Waals surface area contributed by atoms with E-state index in [9.17, 15) is 4.79 Å². The van der Waals surface area contributed by atoms with E-state index in [1.54, 1.807) is 0 Å². The summed E-state index contributed by atoms with van der Waals surface area (Å²) in [6.45, 7) is 0. The van der Waals surface area contributed by atoms with Gasteiger partial charge in [0.2, 0.25) is 0 Å². The van der Waals surface area contributed by atoms with Crippen LogP contribution in [0.1, 0.15) is 27.8 Å². The van der Waals surface area contributed by atoms with Crippen LogP contribution >= 0.6 is 0 Å². The smallest absolute Gasteiger partial charge is 0.330 e. The fourth-order valence-corrected chi connectivity index (χ4v) is 4.21. The van der Waals surface area contributed by atoms with Crippen LogP contribution in [0.3, 0.4) is 0 Å². The third-order valence-corrected chi connectivity index (χ3v) is 5.22. The first-order valence-electron chi connectivity index (χ1n) is 8.12. The fourth-order valence-electron chi connectivity index (χ4n) is 4.21. The van der Waals surface area contributed by atoms with E-state index in [1.807, 2.05) is 6.08 Å². The molecular weight excluding hydrogens is 284 g/mol. The number of fused-ring (bicyclic) bond motifs is 2. The minimum Gasteiger partial charge on any atom is -0.466 e. The van der Waals surface area contributed by atoms with Gasteiger partial charge in [0.25, 0.3) is 0 Å². The summed E-state index contributed by atoms with van der Waals surface area (Å²) in [6, 6.07) is 15.4. The summed E-state index contributed by atoms with van der Waals surface area (Å²) in [6.07, 6.45) is 7.99. The van der Waals surface area contributed by atoms with Crippen LogP contribution in [0.2, 0.25) is 0 Å². The number of carbonyl (C=O) groups excluding carboxylic acids is 1. The molecule has 0 aromatic heterocycles. The zero-order valence-electron chi connectivity index (χ0n) is 13.3. The van der Waals surface area contributed by atoms with Gasteiger partial charge in [-0.1, -0.05) is 42.5 Å². The second kappa shape index (κ2) is 5.38. The summed E-state index contributed by atoms with van der Waals surface area (Å²) in [7, 11) is 1.40. The van der Waals surface area contributed by atoms with Gasteiger partial charge >= 0.3 is 5.97 Å². The molecule has 4 rings (SSSR count). The van der Waals surface area contributed by atoms with Crippen molar-refractivity contribution in [1.82, 2.24) is 0 Å². The minimum atomic E-state index is -0.312. The van der Waals surface area contributed by atoms with Crippen LogP contribution in [0, 0.1) is 5.41 Å². The van der Waals surface area contributed by atoms with E-state index in [4.69, 9.17) is 0 Å². The van der Waals surface area contributed by atoms with Gasteiger partial charge < -0.3 is 4.74 Å². The standard InChI is InChI=1S/C21H20O2/c1-23-20(22)9-7-15-6-8-18-13-21(14-19(18)10-15)11-16-4-2-3-5-17(16)12-21/h2-10H,11-14H2,1H3/b9-7+.